The molecule has 0 bridgehead atoms. The molecule has 0 spiro atoms. The van der Waals surface area contributed by atoms with E-state index >= 15 is 0 Å². The van der Waals surface area contributed by atoms with Gasteiger partial charge in [0.2, 0.25) is 5.88 Å². The maximum Gasteiger partial charge on any atom is 0.275 e. The molecule has 2 rings (SSSR count). The van der Waals surface area contributed by atoms with Crippen molar-refractivity contribution in [2.75, 3.05) is 0 Å². The van der Waals surface area contributed by atoms with Crippen LogP contribution in [0.2, 0.25) is 5.02 Å². The Bertz CT molecular complexity index is 632. The van der Waals surface area contributed by atoms with Gasteiger partial charge >= 0.3 is 0 Å². The van der Waals surface area contributed by atoms with Gasteiger partial charge in [0.05, 0.1) is 16.0 Å². The number of pyridine rings is 1. The van der Waals surface area contributed by atoms with Crippen molar-refractivity contribution < 1.29 is 14.1 Å². The fourth-order valence-electron chi connectivity index (χ4n) is 1.45. The van der Waals surface area contributed by atoms with Crippen molar-refractivity contribution in [1.82, 2.24) is 4.98 Å². The third-order valence-electron chi connectivity index (χ3n) is 2.36. The summed E-state index contributed by atoms with van der Waals surface area (Å²) in [5, 5.41) is 11.1. The summed E-state index contributed by atoms with van der Waals surface area (Å²) in [7, 11) is 0. The number of aromatic nitrogens is 1. The minimum Gasteiger partial charge on any atom is -0.436 e. The Hall–Kier alpha value is -2.21. The second-order valence-corrected chi connectivity index (χ2v) is 4.18. The van der Waals surface area contributed by atoms with E-state index in [0.29, 0.717) is 10.6 Å². The summed E-state index contributed by atoms with van der Waals surface area (Å²) >= 11 is 5.66. The Labute approximate surface area is 112 Å². The molecule has 2 aromatic rings. The van der Waals surface area contributed by atoms with Crippen molar-refractivity contribution in [2.24, 2.45) is 0 Å². The summed E-state index contributed by atoms with van der Waals surface area (Å²) in [5.41, 5.74) is 0.00396. The summed E-state index contributed by atoms with van der Waals surface area (Å²) in [6, 6.07) is 5.09. The van der Waals surface area contributed by atoms with Crippen LogP contribution in [-0.2, 0) is 0 Å². The molecule has 0 fully saturated rings. The average Bonchev–Trinajstić information content (AvgIpc) is 2.35. The van der Waals surface area contributed by atoms with Gasteiger partial charge in [0, 0.05) is 17.8 Å². The minimum atomic E-state index is -0.825. The van der Waals surface area contributed by atoms with E-state index in [1.165, 1.54) is 25.3 Å². The number of nitro benzene ring substituents is 1. The molecule has 0 radical (unpaired) electrons. The zero-order valence-electron chi connectivity index (χ0n) is 9.76. The number of halogens is 2. The van der Waals surface area contributed by atoms with E-state index in [2.05, 4.69) is 4.98 Å². The first-order chi connectivity index (χ1) is 8.97. The van der Waals surface area contributed by atoms with Gasteiger partial charge in [-0.2, -0.15) is 0 Å². The second kappa shape index (κ2) is 5.19. The molecule has 0 atom stereocenters. The highest BCUT2D eigenvalue weighted by Gasteiger charge is 2.16. The topological polar surface area (TPSA) is 65.3 Å². The first-order valence-corrected chi connectivity index (χ1v) is 5.59. The van der Waals surface area contributed by atoms with Crippen molar-refractivity contribution in [3.63, 3.8) is 0 Å². The van der Waals surface area contributed by atoms with Gasteiger partial charge < -0.3 is 4.74 Å². The molecule has 98 valence electrons. The molecule has 19 heavy (non-hydrogen) atoms. The Balaban J connectivity index is 2.33. The lowest BCUT2D eigenvalue weighted by molar-refractivity contribution is -0.385. The van der Waals surface area contributed by atoms with E-state index in [1.807, 2.05) is 0 Å². The van der Waals surface area contributed by atoms with Crippen molar-refractivity contribution >= 4 is 17.3 Å². The molecule has 0 unspecified atom stereocenters. The highest BCUT2D eigenvalue weighted by Crippen LogP contribution is 2.29. The van der Waals surface area contributed by atoms with Gasteiger partial charge in [-0.3, -0.25) is 10.1 Å². The van der Waals surface area contributed by atoms with E-state index < -0.39 is 10.7 Å². The van der Waals surface area contributed by atoms with Crippen LogP contribution in [0.3, 0.4) is 0 Å². The number of aryl methyl sites for hydroxylation is 1. The van der Waals surface area contributed by atoms with Crippen molar-refractivity contribution in [3.8, 4) is 11.6 Å². The monoisotopic (exact) mass is 282 g/mol. The van der Waals surface area contributed by atoms with Crippen LogP contribution in [0.4, 0.5) is 10.1 Å². The third kappa shape index (κ3) is 2.97. The Morgan fingerprint density at radius 1 is 1.42 bits per heavy atom. The van der Waals surface area contributed by atoms with Crippen molar-refractivity contribution in [3.05, 3.63) is 57.0 Å². The zero-order chi connectivity index (χ0) is 14.0. The van der Waals surface area contributed by atoms with E-state index in [4.69, 9.17) is 16.3 Å². The predicted octanol–water partition coefficient (Wildman–Crippen LogP) is 3.88. The van der Waals surface area contributed by atoms with Crippen LogP contribution in [0.5, 0.6) is 11.6 Å². The summed E-state index contributed by atoms with van der Waals surface area (Å²) < 4.78 is 18.9. The number of hydrogen-bond acceptors (Lipinski definition) is 4. The van der Waals surface area contributed by atoms with E-state index in [1.54, 1.807) is 6.07 Å². The molecule has 0 aliphatic carbocycles. The largest absolute Gasteiger partial charge is 0.436 e. The molecule has 0 aliphatic heterocycles. The zero-order valence-corrected chi connectivity index (χ0v) is 10.5. The van der Waals surface area contributed by atoms with E-state index in [9.17, 15) is 14.5 Å². The second-order valence-electron chi connectivity index (χ2n) is 3.74. The standard InChI is InChI=1S/C12H8ClFN2O3/c1-7-4-11(9(14)5-10(7)16(17)18)19-12-3-2-8(13)6-15-12/h2-6H,1H3. The van der Waals surface area contributed by atoms with Crippen LogP contribution in [0.15, 0.2) is 30.5 Å². The Morgan fingerprint density at radius 2 is 2.16 bits per heavy atom. The first-order valence-electron chi connectivity index (χ1n) is 5.21. The number of ether oxygens (including phenoxy) is 1. The highest BCUT2D eigenvalue weighted by atomic mass is 35.5. The van der Waals surface area contributed by atoms with Crippen molar-refractivity contribution in [2.45, 2.75) is 6.92 Å². The summed E-state index contributed by atoms with van der Waals surface area (Å²) in [6.07, 6.45) is 1.35. The van der Waals surface area contributed by atoms with Crippen LogP contribution >= 0.6 is 11.6 Å². The summed E-state index contributed by atoms with van der Waals surface area (Å²) in [4.78, 5) is 13.8. The molecule has 1 heterocycles. The van der Waals surface area contributed by atoms with Crippen LogP contribution < -0.4 is 4.74 Å². The molecule has 1 aromatic heterocycles. The molecule has 7 heteroatoms. The molecule has 0 amide bonds. The molecule has 5 nitrogen and oxygen atoms in total. The van der Waals surface area contributed by atoms with Gasteiger partial charge in [-0.1, -0.05) is 11.6 Å². The van der Waals surface area contributed by atoms with Gasteiger partial charge in [-0.05, 0) is 19.1 Å². The number of rotatable bonds is 3. The van der Waals surface area contributed by atoms with Crippen LogP contribution in [0.25, 0.3) is 0 Å². The number of nitrogens with zero attached hydrogens (tertiary/aromatic N) is 2. The lowest BCUT2D eigenvalue weighted by atomic mass is 10.2. The lowest BCUT2D eigenvalue weighted by Crippen LogP contribution is -1.96. The van der Waals surface area contributed by atoms with Crippen LogP contribution in [0.1, 0.15) is 5.56 Å². The SMILES string of the molecule is Cc1cc(Oc2ccc(Cl)cn2)c(F)cc1[N+](=O)[O-]. The van der Waals surface area contributed by atoms with Crippen molar-refractivity contribution in [1.29, 1.82) is 0 Å². The quantitative estimate of drug-likeness (QED) is 0.633. The third-order valence-corrected chi connectivity index (χ3v) is 2.59. The molecule has 1 aromatic carbocycles. The summed E-state index contributed by atoms with van der Waals surface area (Å²) in [5.74, 6) is -0.802. The molecular formula is C12H8ClFN2O3. The first kappa shape index (κ1) is 13.2. The Kier molecular flexibility index (Phi) is 3.62. The fourth-order valence-corrected chi connectivity index (χ4v) is 1.57. The average molecular weight is 283 g/mol. The molecule has 0 N–H and O–H groups in total. The van der Waals surface area contributed by atoms with E-state index in [-0.39, 0.29) is 17.3 Å². The minimum absolute atomic E-state index is 0.127. The maximum absolute atomic E-state index is 13.7. The van der Waals surface area contributed by atoms with Gasteiger partial charge in [-0.25, -0.2) is 9.37 Å². The van der Waals surface area contributed by atoms with Gasteiger partial charge in [0.25, 0.3) is 5.69 Å². The smallest absolute Gasteiger partial charge is 0.275 e. The van der Waals surface area contributed by atoms with Crippen LogP contribution in [-0.4, -0.2) is 9.91 Å². The van der Waals surface area contributed by atoms with Gasteiger partial charge in [0.15, 0.2) is 11.6 Å². The molecule has 0 saturated heterocycles. The predicted molar refractivity (Wildman–Crippen MR) is 67.1 cm³/mol. The number of hydrogen-bond donors (Lipinski definition) is 0. The molecular weight excluding hydrogens is 275 g/mol. The number of nitro groups is 1. The molecule has 0 saturated carbocycles. The van der Waals surface area contributed by atoms with Gasteiger partial charge in [-0.15, -0.1) is 0 Å². The number of benzene rings is 1. The lowest BCUT2D eigenvalue weighted by Gasteiger charge is -2.07. The molecule has 0 aliphatic rings. The van der Waals surface area contributed by atoms with Gasteiger partial charge in [0.1, 0.15) is 0 Å². The van der Waals surface area contributed by atoms with E-state index in [0.717, 1.165) is 6.07 Å². The highest BCUT2D eigenvalue weighted by molar-refractivity contribution is 6.30. The normalized spacial score (nSPS) is 10.3. The Morgan fingerprint density at radius 3 is 2.74 bits per heavy atom. The summed E-state index contributed by atoms with van der Waals surface area (Å²) in [6.45, 7) is 1.50. The van der Waals surface area contributed by atoms with Crippen LogP contribution in [0, 0.1) is 22.9 Å². The fraction of sp³-hybridized carbons (Fsp3) is 0.0833. The maximum atomic E-state index is 13.7.